The number of carbonyl (C=O) groups is 2. The van der Waals surface area contributed by atoms with Crippen molar-refractivity contribution in [3.63, 3.8) is 0 Å². The molecular formula is C18H21N3O3S. The van der Waals surface area contributed by atoms with Crippen LogP contribution in [0, 0.1) is 0 Å². The van der Waals surface area contributed by atoms with E-state index in [1.807, 2.05) is 18.2 Å². The number of methoxy groups -OCH3 is 1. The quantitative estimate of drug-likeness (QED) is 0.707. The number of carbonyl (C=O) groups excluding carboxylic acids is 2. The Balaban J connectivity index is 1.87. The molecule has 1 heterocycles. The Morgan fingerprint density at radius 1 is 1.16 bits per heavy atom. The summed E-state index contributed by atoms with van der Waals surface area (Å²) in [6.45, 7) is 1.42. The van der Waals surface area contributed by atoms with Crippen LogP contribution in [0.5, 0.6) is 5.75 Å². The van der Waals surface area contributed by atoms with Gasteiger partial charge < -0.3 is 15.4 Å². The summed E-state index contributed by atoms with van der Waals surface area (Å²) in [6.07, 6.45) is 2.13. The molecule has 0 saturated heterocycles. The molecule has 2 amide bonds. The predicted molar refractivity (Wildman–Crippen MR) is 101 cm³/mol. The molecule has 2 aromatic rings. The van der Waals surface area contributed by atoms with Crippen molar-refractivity contribution in [2.24, 2.45) is 0 Å². The third-order valence-corrected chi connectivity index (χ3v) is 4.25. The Hall–Kier alpha value is -2.54. The molecule has 132 valence electrons. The number of thioether (sulfide) groups is 1. The number of nitrogens with one attached hydrogen (secondary N) is 2. The maximum Gasteiger partial charge on any atom is 0.225 e. The first-order valence-corrected chi connectivity index (χ1v) is 8.97. The fourth-order valence-electron chi connectivity index (χ4n) is 2.09. The molecule has 0 unspecified atom stereocenters. The average molecular weight is 359 g/mol. The van der Waals surface area contributed by atoms with Gasteiger partial charge in [0.2, 0.25) is 11.8 Å². The topological polar surface area (TPSA) is 80.3 Å². The molecule has 0 radical (unpaired) electrons. The number of ether oxygens (including phenoxy) is 1. The van der Waals surface area contributed by atoms with Crippen molar-refractivity contribution < 1.29 is 14.3 Å². The molecule has 0 saturated carbocycles. The summed E-state index contributed by atoms with van der Waals surface area (Å²) < 4.78 is 5.17. The molecule has 25 heavy (non-hydrogen) atoms. The van der Waals surface area contributed by atoms with Crippen LogP contribution in [0.25, 0.3) is 0 Å². The average Bonchev–Trinajstić information content (AvgIpc) is 2.61. The smallest absolute Gasteiger partial charge is 0.225 e. The number of anilines is 2. The SMILES string of the molecule is COc1ccc(NC(C)=O)c(NC(=O)CCSCc2ccccn2)c1. The van der Waals surface area contributed by atoms with E-state index in [1.54, 1.807) is 43.3 Å². The van der Waals surface area contributed by atoms with Gasteiger partial charge >= 0.3 is 0 Å². The number of hydrogen-bond acceptors (Lipinski definition) is 5. The lowest BCUT2D eigenvalue weighted by Gasteiger charge is -2.13. The normalized spacial score (nSPS) is 10.2. The monoisotopic (exact) mass is 359 g/mol. The molecule has 0 aliphatic rings. The summed E-state index contributed by atoms with van der Waals surface area (Å²) in [5.74, 6) is 1.74. The molecule has 0 aliphatic carbocycles. The van der Waals surface area contributed by atoms with Crippen LogP contribution in [-0.4, -0.2) is 29.7 Å². The van der Waals surface area contributed by atoms with Gasteiger partial charge in [0.15, 0.2) is 0 Å². The highest BCUT2D eigenvalue weighted by Crippen LogP contribution is 2.27. The second-order valence-corrected chi connectivity index (χ2v) is 6.37. The van der Waals surface area contributed by atoms with E-state index in [0.29, 0.717) is 29.3 Å². The number of amides is 2. The standard InChI is InChI=1S/C18H21N3O3S/c1-13(22)20-16-7-6-15(24-2)11-17(16)21-18(23)8-10-25-12-14-5-3-4-9-19-14/h3-7,9,11H,8,10,12H2,1-2H3,(H,20,22)(H,21,23). The maximum absolute atomic E-state index is 12.2. The highest BCUT2D eigenvalue weighted by atomic mass is 32.2. The van der Waals surface area contributed by atoms with Gasteiger partial charge in [-0.1, -0.05) is 6.07 Å². The molecule has 0 spiro atoms. The first-order chi connectivity index (χ1) is 12.1. The van der Waals surface area contributed by atoms with Crippen LogP contribution in [-0.2, 0) is 15.3 Å². The summed E-state index contributed by atoms with van der Waals surface area (Å²) in [5, 5.41) is 5.52. The Bertz CT molecular complexity index is 723. The molecule has 1 aromatic heterocycles. The van der Waals surface area contributed by atoms with E-state index in [9.17, 15) is 9.59 Å². The molecule has 7 heteroatoms. The van der Waals surface area contributed by atoms with Gasteiger partial charge in [-0.05, 0) is 24.3 Å². The van der Waals surface area contributed by atoms with Crippen molar-refractivity contribution in [2.45, 2.75) is 19.1 Å². The van der Waals surface area contributed by atoms with Crippen LogP contribution in [0.15, 0.2) is 42.6 Å². The predicted octanol–water partition coefficient (Wildman–Crippen LogP) is 3.31. The van der Waals surface area contributed by atoms with Crippen molar-refractivity contribution in [3.05, 3.63) is 48.3 Å². The lowest BCUT2D eigenvalue weighted by molar-refractivity contribution is -0.116. The number of nitrogens with zero attached hydrogens (tertiary/aromatic N) is 1. The fraction of sp³-hybridized carbons (Fsp3) is 0.278. The minimum absolute atomic E-state index is 0.117. The van der Waals surface area contributed by atoms with Crippen LogP contribution >= 0.6 is 11.8 Å². The zero-order valence-electron chi connectivity index (χ0n) is 14.2. The van der Waals surface area contributed by atoms with Crippen LogP contribution in [0.3, 0.4) is 0 Å². The Labute approximate surface area is 151 Å². The van der Waals surface area contributed by atoms with E-state index in [1.165, 1.54) is 6.92 Å². The first-order valence-electron chi connectivity index (χ1n) is 7.81. The van der Waals surface area contributed by atoms with Gasteiger partial charge in [-0.2, -0.15) is 11.8 Å². The van der Waals surface area contributed by atoms with Gasteiger partial charge in [0.05, 0.1) is 24.2 Å². The molecule has 0 aliphatic heterocycles. The van der Waals surface area contributed by atoms with Gasteiger partial charge in [-0.25, -0.2) is 0 Å². The minimum atomic E-state index is -0.202. The number of hydrogen-bond donors (Lipinski definition) is 2. The highest BCUT2D eigenvalue weighted by Gasteiger charge is 2.10. The number of aromatic nitrogens is 1. The van der Waals surface area contributed by atoms with Crippen molar-refractivity contribution in [1.29, 1.82) is 0 Å². The molecule has 2 N–H and O–H groups in total. The van der Waals surface area contributed by atoms with Crippen LogP contribution in [0.2, 0.25) is 0 Å². The fourth-order valence-corrected chi connectivity index (χ4v) is 2.94. The Morgan fingerprint density at radius 2 is 2.00 bits per heavy atom. The van der Waals surface area contributed by atoms with E-state index in [4.69, 9.17) is 4.74 Å². The summed E-state index contributed by atoms with van der Waals surface area (Å²) in [7, 11) is 1.55. The zero-order valence-corrected chi connectivity index (χ0v) is 15.1. The lowest BCUT2D eigenvalue weighted by Crippen LogP contribution is -2.15. The summed E-state index contributed by atoms with van der Waals surface area (Å²) in [6, 6.07) is 10.9. The Kier molecular flexibility index (Phi) is 7.28. The highest BCUT2D eigenvalue weighted by molar-refractivity contribution is 7.98. The van der Waals surface area contributed by atoms with Gasteiger partial charge in [0, 0.05) is 37.1 Å². The second-order valence-electron chi connectivity index (χ2n) is 5.26. The van der Waals surface area contributed by atoms with E-state index >= 15 is 0 Å². The summed E-state index contributed by atoms with van der Waals surface area (Å²) in [4.78, 5) is 27.7. The molecule has 0 atom stereocenters. The number of rotatable bonds is 8. The van der Waals surface area contributed by atoms with Crippen LogP contribution in [0.1, 0.15) is 19.0 Å². The van der Waals surface area contributed by atoms with Gasteiger partial charge in [0.1, 0.15) is 5.75 Å². The third-order valence-electron chi connectivity index (χ3n) is 3.26. The van der Waals surface area contributed by atoms with Crippen molar-refractivity contribution in [2.75, 3.05) is 23.5 Å². The molecule has 1 aromatic carbocycles. The van der Waals surface area contributed by atoms with E-state index in [0.717, 1.165) is 11.4 Å². The van der Waals surface area contributed by atoms with Crippen molar-refractivity contribution in [3.8, 4) is 5.75 Å². The Morgan fingerprint density at radius 3 is 2.68 bits per heavy atom. The van der Waals surface area contributed by atoms with Crippen LogP contribution in [0.4, 0.5) is 11.4 Å². The molecule has 0 fully saturated rings. The zero-order chi connectivity index (χ0) is 18.1. The van der Waals surface area contributed by atoms with E-state index < -0.39 is 0 Å². The first kappa shape index (κ1) is 18.8. The van der Waals surface area contributed by atoms with Crippen molar-refractivity contribution >= 4 is 35.0 Å². The van der Waals surface area contributed by atoms with Gasteiger partial charge in [-0.3, -0.25) is 14.6 Å². The van der Waals surface area contributed by atoms with Crippen molar-refractivity contribution in [1.82, 2.24) is 4.98 Å². The van der Waals surface area contributed by atoms with E-state index in [-0.39, 0.29) is 11.8 Å². The molecule has 2 rings (SSSR count). The third kappa shape index (κ3) is 6.46. The minimum Gasteiger partial charge on any atom is -0.497 e. The number of pyridine rings is 1. The lowest BCUT2D eigenvalue weighted by atomic mass is 10.2. The molecular weight excluding hydrogens is 338 g/mol. The van der Waals surface area contributed by atoms with Crippen LogP contribution < -0.4 is 15.4 Å². The molecule has 0 bridgehead atoms. The maximum atomic E-state index is 12.2. The largest absolute Gasteiger partial charge is 0.497 e. The van der Waals surface area contributed by atoms with Gasteiger partial charge in [-0.15, -0.1) is 0 Å². The number of benzene rings is 1. The second kappa shape index (κ2) is 9.68. The van der Waals surface area contributed by atoms with E-state index in [2.05, 4.69) is 15.6 Å². The van der Waals surface area contributed by atoms with Gasteiger partial charge in [0.25, 0.3) is 0 Å². The molecule has 6 nitrogen and oxygen atoms in total. The summed E-state index contributed by atoms with van der Waals surface area (Å²) >= 11 is 1.65. The summed E-state index contributed by atoms with van der Waals surface area (Å²) in [5.41, 5.74) is 2.06.